The molecule has 7 heteroatoms. The Balaban J connectivity index is 1.74. The molecule has 1 aromatic carbocycles. The quantitative estimate of drug-likeness (QED) is 0.576. The van der Waals surface area contributed by atoms with E-state index in [2.05, 4.69) is 26.1 Å². The molecule has 0 fully saturated rings. The summed E-state index contributed by atoms with van der Waals surface area (Å²) < 4.78 is 3.83. The van der Waals surface area contributed by atoms with Crippen molar-refractivity contribution >= 4 is 22.6 Å². The number of hydrogen-bond donors (Lipinski definition) is 1. The summed E-state index contributed by atoms with van der Waals surface area (Å²) in [5, 5.41) is 11.2. The zero-order valence-corrected chi connectivity index (χ0v) is 13.7. The lowest BCUT2D eigenvalue weighted by atomic mass is 9.91. The maximum absolute atomic E-state index is 12.3. The molecular formula is C18H16N6O. The first-order chi connectivity index (χ1) is 12.2. The summed E-state index contributed by atoms with van der Waals surface area (Å²) in [5.74, 6) is -0.0340. The number of fused-ring (bicyclic) bond motifs is 4. The van der Waals surface area contributed by atoms with E-state index in [1.807, 2.05) is 43.6 Å². The fourth-order valence-corrected chi connectivity index (χ4v) is 3.65. The van der Waals surface area contributed by atoms with Gasteiger partial charge in [0.15, 0.2) is 0 Å². The molecule has 1 aliphatic rings. The second kappa shape index (κ2) is 5.14. The Morgan fingerprint density at radius 3 is 3.08 bits per heavy atom. The highest BCUT2D eigenvalue weighted by molar-refractivity contribution is 5.80. The Morgan fingerprint density at radius 2 is 2.16 bits per heavy atom. The number of aromatic nitrogens is 5. The van der Waals surface area contributed by atoms with E-state index in [0.717, 1.165) is 33.6 Å². The molecule has 1 N–H and O–H groups in total. The third kappa shape index (κ3) is 2.12. The van der Waals surface area contributed by atoms with Crippen molar-refractivity contribution in [3.8, 4) is 0 Å². The molecule has 1 amide bonds. The van der Waals surface area contributed by atoms with Crippen molar-refractivity contribution in [1.82, 2.24) is 29.7 Å². The predicted octanol–water partition coefficient (Wildman–Crippen LogP) is 1.77. The van der Waals surface area contributed by atoms with Crippen LogP contribution in [0.15, 0.2) is 42.6 Å². The van der Waals surface area contributed by atoms with E-state index in [-0.39, 0.29) is 11.8 Å². The van der Waals surface area contributed by atoms with Gasteiger partial charge in [0, 0.05) is 25.6 Å². The minimum atomic E-state index is -0.0682. The highest BCUT2D eigenvalue weighted by atomic mass is 16.1. The Labute approximate surface area is 143 Å². The van der Waals surface area contributed by atoms with Gasteiger partial charge in [-0.15, -0.1) is 5.10 Å². The highest BCUT2D eigenvalue weighted by Crippen LogP contribution is 2.34. The van der Waals surface area contributed by atoms with Gasteiger partial charge in [0.05, 0.1) is 23.4 Å². The molecule has 4 heterocycles. The molecule has 1 aliphatic heterocycles. The zero-order chi connectivity index (χ0) is 17.0. The molecule has 0 spiro atoms. The van der Waals surface area contributed by atoms with Crippen LogP contribution in [0.5, 0.6) is 0 Å². The van der Waals surface area contributed by atoms with Crippen molar-refractivity contribution < 1.29 is 4.79 Å². The number of pyridine rings is 1. The number of imidazole rings is 1. The van der Waals surface area contributed by atoms with E-state index in [4.69, 9.17) is 4.98 Å². The molecule has 0 saturated heterocycles. The number of carbonyl (C=O) groups excluding carboxylic acids is 1. The lowest BCUT2D eigenvalue weighted by Gasteiger charge is -2.15. The third-order valence-electron chi connectivity index (χ3n) is 4.85. The van der Waals surface area contributed by atoms with Gasteiger partial charge in [0.25, 0.3) is 0 Å². The number of amides is 1. The third-order valence-corrected chi connectivity index (χ3v) is 4.85. The number of benzene rings is 1. The number of carbonyl (C=O) groups is 1. The van der Waals surface area contributed by atoms with Crippen molar-refractivity contribution in [2.75, 3.05) is 0 Å². The summed E-state index contributed by atoms with van der Waals surface area (Å²) >= 11 is 0. The molecular weight excluding hydrogens is 316 g/mol. The van der Waals surface area contributed by atoms with Crippen molar-refractivity contribution in [1.29, 1.82) is 0 Å². The second-order valence-electron chi connectivity index (χ2n) is 6.37. The topological polar surface area (TPSA) is 77.1 Å². The molecule has 0 aliphatic carbocycles. The van der Waals surface area contributed by atoms with E-state index < -0.39 is 0 Å². The van der Waals surface area contributed by atoms with E-state index in [9.17, 15) is 4.79 Å². The summed E-state index contributed by atoms with van der Waals surface area (Å²) in [7, 11) is 1.87. The van der Waals surface area contributed by atoms with Gasteiger partial charge in [-0.2, -0.15) is 0 Å². The van der Waals surface area contributed by atoms with Gasteiger partial charge < -0.3 is 9.72 Å². The first kappa shape index (κ1) is 14.2. The standard InChI is InChI=1S/C18H16N6O/c1-23-15-6-5-11(8-13(15)21-22-23)12-9-17(25)19-10-14-18(12)24-7-3-2-4-16(24)20-14/h2-8,12H,9-10H2,1H3,(H,19,25). The average Bonchev–Trinajstić information content (AvgIpc) is 3.13. The molecule has 4 aromatic rings. The van der Waals surface area contributed by atoms with E-state index >= 15 is 0 Å². The summed E-state index contributed by atoms with van der Waals surface area (Å²) in [6.45, 7) is 0.458. The summed E-state index contributed by atoms with van der Waals surface area (Å²) in [5.41, 5.74) is 5.74. The van der Waals surface area contributed by atoms with Gasteiger partial charge >= 0.3 is 0 Å². The fourth-order valence-electron chi connectivity index (χ4n) is 3.65. The van der Waals surface area contributed by atoms with Gasteiger partial charge in [-0.3, -0.25) is 4.79 Å². The van der Waals surface area contributed by atoms with Crippen molar-refractivity contribution in [2.45, 2.75) is 18.9 Å². The summed E-state index contributed by atoms with van der Waals surface area (Å²) in [6.07, 6.45) is 2.40. The molecule has 1 unspecified atom stereocenters. The van der Waals surface area contributed by atoms with Gasteiger partial charge in [-0.25, -0.2) is 9.67 Å². The lowest BCUT2D eigenvalue weighted by Crippen LogP contribution is -2.21. The number of aryl methyl sites for hydroxylation is 1. The number of nitrogens with one attached hydrogen (secondary N) is 1. The van der Waals surface area contributed by atoms with Crippen LogP contribution in [-0.4, -0.2) is 30.3 Å². The van der Waals surface area contributed by atoms with Crippen LogP contribution in [-0.2, 0) is 18.4 Å². The van der Waals surface area contributed by atoms with Gasteiger partial charge in [-0.05, 0) is 29.8 Å². The van der Waals surface area contributed by atoms with Crippen LogP contribution in [0.25, 0.3) is 16.7 Å². The molecule has 0 radical (unpaired) electrons. The van der Waals surface area contributed by atoms with Gasteiger partial charge in [0.2, 0.25) is 5.91 Å². The minimum absolute atomic E-state index is 0.0342. The molecule has 0 bridgehead atoms. The number of rotatable bonds is 1. The number of hydrogen-bond acceptors (Lipinski definition) is 4. The second-order valence-corrected chi connectivity index (χ2v) is 6.37. The largest absolute Gasteiger partial charge is 0.350 e. The highest BCUT2D eigenvalue weighted by Gasteiger charge is 2.29. The van der Waals surface area contributed by atoms with Crippen LogP contribution in [0.3, 0.4) is 0 Å². The average molecular weight is 332 g/mol. The maximum Gasteiger partial charge on any atom is 0.221 e. The lowest BCUT2D eigenvalue weighted by molar-refractivity contribution is -0.121. The van der Waals surface area contributed by atoms with Gasteiger partial charge in [0.1, 0.15) is 11.2 Å². The first-order valence-corrected chi connectivity index (χ1v) is 8.22. The molecule has 7 nitrogen and oxygen atoms in total. The first-order valence-electron chi connectivity index (χ1n) is 8.22. The smallest absolute Gasteiger partial charge is 0.221 e. The molecule has 3 aromatic heterocycles. The van der Waals surface area contributed by atoms with Crippen LogP contribution < -0.4 is 5.32 Å². The minimum Gasteiger partial charge on any atom is -0.350 e. The Bertz CT molecular complexity index is 1130. The monoisotopic (exact) mass is 332 g/mol. The normalized spacial score (nSPS) is 17.5. The van der Waals surface area contributed by atoms with Crippen LogP contribution in [0.4, 0.5) is 0 Å². The van der Waals surface area contributed by atoms with Crippen LogP contribution >= 0.6 is 0 Å². The molecule has 5 rings (SSSR count). The molecule has 0 saturated carbocycles. The van der Waals surface area contributed by atoms with E-state index in [1.54, 1.807) is 4.68 Å². The van der Waals surface area contributed by atoms with E-state index in [1.165, 1.54) is 0 Å². The van der Waals surface area contributed by atoms with Gasteiger partial charge in [-0.1, -0.05) is 17.3 Å². The molecule has 124 valence electrons. The van der Waals surface area contributed by atoms with Crippen LogP contribution in [0, 0.1) is 0 Å². The predicted molar refractivity (Wildman–Crippen MR) is 92.0 cm³/mol. The molecule has 25 heavy (non-hydrogen) atoms. The van der Waals surface area contributed by atoms with Crippen LogP contribution in [0.2, 0.25) is 0 Å². The van der Waals surface area contributed by atoms with Crippen molar-refractivity contribution in [2.24, 2.45) is 7.05 Å². The fraction of sp³-hybridized carbons (Fsp3) is 0.222. The number of nitrogens with zero attached hydrogens (tertiary/aromatic N) is 5. The summed E-state index contributed by atoms with van der Waals surface area (Å²) in [6, 6.07) is 12.0. The Hall–Kier alpha value is -3.22. The Kier molecular flexibility index (Phi) is 2.91. The molecule has 1 atom stereocenters. The van der Waals surface area contributed by atoms with E-state index in [0.29, 0.717) is 13.0 Å². The zero-order valence-electron chi connectivity index (χ0n) is 13.7. The van der Waals surface area contributed by atoms with Crippen LogP contribution in [0.1, 0.15) is 29.3 Å². The Morgan fingerprint density at radius 1 is 1.24 bits per heavy atom. The maximum atomic E-state index is 12.3. The van der Waals surface area contributed by atoms with Crippen molar-refractivity contribution in [3.63, 3.8) is 0 Å². The SMILES string of the molecule is Cn1nnc2cc(C3CC(=O)NCc4nc5ccccn5c43)ccc21. The summed E-state index contributed by atoms with van der Waals surface area (Å²) in [4.78, 5) is 17.0. The van der Waals surface area contributed by atoms with Crippen molar-refractivity contribution in [3.05, 3.63) is 59.5 Å².